The maximum atomic E-state index is 12.3. The molecule has 0 aromatic rings. The minimum Gasteiger partial charge on any atom is -0.394 e. The highest BCUT2D eigenvalue weighted by Crippen LogP contribution is 2.26. The Morgan fingerprint density at radius 3 is 2.56 bits per heavy atom. The van der Waals surface area contributed by atoms with Gasteiger partial charge in [-0.25, -0.2) is 0 Å². The topological polar surface area (TPSA) is 100 Å². The van der Waals surface area contributed by atoms with E-state index in [1.807, 2.05) is 0 Å². The predicted octanol–water partition coefficient (Wildman–Crippen LogP) is -0.350. The van der Waals surface area contributed by atoms with Crippen LogP contribution in [0.3, 0.4) is 0 Å². The van der Waals surface area contributed by atoms with Gasteiger partial charge in [-0.05, 0) is 32.1 Å². The normalized spacial score (nSPS) is 29.7. The van der Waals surface area contributed by atoms with Crippen molar-refractivity contribution in [2.24, 2.45) is 5.92 Å². The fourth-order valence-corrected chi connectivity index (χ4v) is 3.90. The number of rotatable bonds is 8. The van der Waals surface area contributed by atoms with E-state index in [0.717, 1.165) is 51.6 Å². The van der Waals surface area contributed by atoms with Gasteiger partial charge in [0.05, 0.1) is 38.5 Å². The van der Waals surface area contributed by atoms with Gasteiger partial charge in [-0.15, -0.1) is 0 Å². The third-order valence-corrected chi connectivity index (χ3v) is 5.85. The van der Waals surface area contributed by atoms with Crippen LogP contribution in [0.1, 0.15) is 38.5 Å². The number of carbonyl (C=O) groups is 2. The van der Waals surface area contributed by atoms with Gasteiger partial charge in [-0.3, -0.25) is 14.5 Å². The molecule has 1 aliphatic carbocycles. The average molecular weight is 383 g/mol. The summed E-state index contributed by atoms with van der Waals surface area (Å²) in [4.78, 5) is 26.2. The molecule has 8 nitrogen and oxygen atoms in total. The van der Waals surface area contributed by atoms with Crippen LogP contribution in [0.15, 0.2) is 0 Å². The first-order valence-electron chi connectivity index (χ1n) is 10.3. The van der Waals surface area contributed by atoms with Crippen LogP contribution < -0.4 is 10.6 Å². The number of aliphatic hydroxyl groups is 1. The van der Waals surface area contributed by atoms with E-state index in [1.165, 1.54) is 0 Å². The summed E-state index contributed by atoms with van der Waals surface area (Å²) in [5.41, 5.74) is 0. The molecule has 2 saturated heterocycles. The van der Waals surface area contributed by atoms with E-state index >= 15 is 0 Å². The Balaban J connectivity index is 1.35. The number of ether oxygens (including phenoxy) is 2. The second-order valence-corrected chi connectivity index (χ2v) is 7.83. The second-order valence-electron chi connectivity index (χ2n) is 7.83. The number of carbonyl (C=O) groups excluding carboxylic acids is 2. The van der Waals surface area contributed by atoms with Crippen LogP contribution in [0.5, 0.6) is 0 Å². The molecule has 0 aromatic carbocycles. The van der Waals surface area contributed by atoms with Crippen LogP contribution >= 0.6 is 0 Å². The SMILES string of the molecule is O=C(CN1CCOCC1)N[C@H]1CC[C@@H](CCNC(=O)C2CCC2)O[C@H]1CO. The van der Waals surface area contributed by atoms with Crippen LogP contribution in [-0.4, -0.2) is 86.1 Å². The molecule has 154 valence electrons. The Bertz CT molecular complexity index is 494. The number of morpholine rings is 1. The Morgan fingerprint density at radius 2 is 1.89 bits per heavy atom. The fourth-order valence-electron chi connectivity index (χ4n) is 3.90. The van der Waals surface area contributed by atoms with Gasteiger partial charge < -0.3 is 25.2 Å². The monoisotopic (exact) mass is 383 g/mol. The lowest BCUT2D eigenvalue weighted by Crippen LogP contribution is -2.53. The van der Waals surface area contributed by atoms with Gasteiger partial charge in [-0.1, -0.05) is 6.42 Å². The van der Waals surface area contributed by atoms with Gasteiger partial charge in [0.1, 0.15) is 6.10 Å². The number of amides is 2. The molecule has 2 heterocycles. The second kappa shape index (κ2) is 10.4. The lowest BCUT2D eigenvalue weighted by atomic mass is 9.85. The molecular formula is C19H33N3O5. The summed E-state index contributed by atoms with van der Waals surface area (Å²) < 4.78 is 11.3. The van der Waals surface area contributed by atoms with Gasteiger partial charge in [0.25, 0.3) is 0 Å². The van der Waals surface area contributed by atoms with E-state index in [4.69, 9.17) is 9.47 Å². The smallest absolute Gasteiger partial charge is 0.234 e. The predicted molar refractivity (Wildman–Crippen MR) is 99.1 cm³/mol. The molecule has 3 atom stereocenters. The van der Waals surface area contributed by atoms with Gasteiger partial charge >= 0.3 is 0 Å². The highest BCUT2D eigenvalue weighted by atomic mass is 16.5. The molecule has 8 heteroatoms. The molecule has 0 bridgehead atoms. The van der Waals surface area contributed by atoms with Crippen molar-refractivity contribution in [3.63, 3.8) is 0 Å². The van der Waals surface area contributed by atoms with E-state index in [1.54, 1.807) is 0 Å². The van der Waals surface area contributed by atoms with Crippen molar-refractivity contribution >= 4 is 11.8 Å². The lowest BCUT2D eigenvalue weighted by molar-refractivity contribution is -0.131. The third-order valence-electron chi connectivity index (χ3n) is 5.85. The minimum absolute atomic E-state index is 0.0104. The maximum absolute atomic E-state index is 12.3. The molecule has 3 fully saturated rings. The third kappa shape index (κ3) is 6.14. The summed E-state index contributed by atoms with van der Waals surface area (Å²) >= 11 is 0. The van der Waals surface area contributed by atoms with Crippen LogP contribution in [0.25, 0.3) is 0 Å². The standard InChI is InChI=1S/C19H33N3O5/c23-13-17-16(21-18(24)12-22-8-10-26-11-9-22)5-4-15(27-17)6-7-20-19(25)14-2-1-3-14/h14-17,23H,1-13H2,(H,20,25)(H,21,24)/t15-,16-,17-/m0/s1. The first-order valence-corrected chi connectivity index (χ1v) is 10.3. The molecule has 2 amide bonds. The summed E-state index contributed by atoms with van der Waals surface area (Å²) in [5, 5.41) is 15.7. The Labute approximate surface area is 160 Å². The van der Waals surface area contributed by atoms with E-state index in [0.29, 0.717) is 26.3 Å². The summed E-state index contributed by atoms with van der Waals surface area (Å²) in [6.07, 6.45) is 5.12. The largest absolute Gasteiger partial charge is 0.394 e. The molecule has 3 rings (SSSR count). The van der Waals surface area contributed by atoms with Crippen molar-refractivity contribution in [2.45, 2.75) is 56.8 Å². The number of nitrogens with one attached hydrogen (secondary N) is 2. The summed E-state index contributed by atoms with van der Waals surface area (Å²) in [5.74, 6) is 0.327. The highest BCUT2D eigenvalue weighted by molar-refractivity contribution is 5.79. The summed E-state index contributed by atoms with van der Waals surface area (Å²) in [6, 6.07) is -0.163. The minimum atomic E-state index is -0.389. The van der Waals surface area contributed by atoms with Crippen LogP contribution in [0.4, 0.5) is 0 Å². The number of aliphatic hydroxyl groups excluding tert-OH is 1. The molecule has 2 aliphatic heterocycles. The van der Waals surface area contributed by atoms with Crippen molar-refractivity contribution in [1.29, 1.82) is 0 Å². The number of nitrogens with zero attached hydrogens (tertiary/aromatic N) is 1. The number of hydrogen-bond donors (Lipinski definition) is 3. The molecule has 3 aliphatic rings. The Morgan fingerprint density at radius 1 is 1.11 bits per heavy atom. The average Bonchev–Trinajstić information content (AvgIpc) is 2.62. The lowest BCUT2D eigenvalue weighted by Gasteiger charge is -2.37. The zero-order chi connectivity index (χ0) is 19.1. The van der Waals surface area contributed by atoms with Crippen LogP contribution in [-0.2, 0) is 19.1 Å². The molecule has 0 radical (unpaired) electrons. The molecule has 0 unspecified atom stereocenters. The van der Waals surface area contributed by atoms with Gasteiger partial charge in [0.2, 0.25) is 11.8 Å². The fraction of sp³-hybridized carbons (Fsp3) is 0.895. The van der Waals surface area contributed by atoms with Gasteiger partial charge in [-0.2, -0.15) is 0 Å². The molecule has 3 N–H and O–H groups in total. The first kappa shape index (κ1) is 20.5. The van der Waals surface area contributed by atoms with E-state index in [2.05, 4.69) is 15.5 Å². The van der Waals surface area contributed by atoms with Crippen molar-refractivity contribution < 1.29 is 24.2 Å². The molecular weight excluding hydrogens is 350 g/mol. The van der Waals surface area contributed by atoms with Crippen molar-refractivity contribution in [2.75, 3.05) is 46.0 Å². The van der Waals surface area contributed by atoms with Crippen LogP contribution in [0, 0.1) is 5.92 Å². The first-order chi connectivity index (χ1) is 13.2. The zero-order valence-corrected chi connectivity index (χ0v) is 16.0. The maximum Gasteiger partial charge on any atom is 0.234 e. The van der Waals surface area contributed by atoms with Crippen molar-refractivity contribution in [3.8, 4) is 0 Å². The van der Waals surface area contributed by atoms with E-state index < -0.39 is 0 Å². The van der Waals surface area contributed by atoms with Gasteiger partial charge in [0, 0.05) is 25.6 Å². The molecule has 0 spiro atoms. The molecule has 27 heavy (non-hydrogen) atoms. The molecule has 0 aromatic heterocycles. The highest BCUT2D eigenvalue weighted by Gasteiger charge is 2.32. The zero-order valence-electron chi connectivity index (χ0n) is 16.0. The summed E-state index contributed by atoms with van der Waals surface area (Å²) in [6.45, 7) is 3.71. The van der Waals surface area contributed by atoms with E-state index in [9.17, 15) is 14.7 Å². The van der Waals surface area contributed by atoms with Gasteiger partial charge in [0.15, 0.2) is 0 Å². The van der Waals surface area contributed by atoms with Crippen molar-refractivity contribution in [1.82, 2.24) is 15.5 Å². The Hall–Kier alpha value is -1.22. The number of hydrogen-bond acceptors (Lipinski definition) is 6. The van der Waals surface area contributed by atoms with E-state index in [-0.39, 0.29) is 42.6 Å². The molecule has 1 saturated carbocycles. The van der Waals surface area contributed by atoms with Crippen LogP contribution in [0.2, 0.25) is 0 Å². The van der Waals surface area contributed by atoms with Crippen molar-refractivity contribution in [3.05, 3.63) is 0 Å². The summed E-state index contributed by atoms with van der Waals surface area (Å²) in [7, 11) is 0. The Kier molecular flexibility index (Phi) is 7.87. The quantitative estimate of drug-likeness (QED) is 0.530.